The molecule has 0 spiro atoms. The zero-order valence-electron chi connectivity index (χ0n) is 18.0. The Balaban J connectivity index is 1.75. The molecular formula is C25H19Br2N3O4. The Morgan fingerprint density at radius 1 is 1.12 bits per heavy atom. The van der Waals surface area contributed by atoms with E-state index in [2.05, 4.69) is 37.2 Å². The maximum atomic E-state index is 12.6. The Bertz CT molecular complexity index is 1280. The van der Waals surface area contributed by atoms with Crippen LogP contribution < -0.4 is 10.1 Å². The smallest absolute Gasteiger partial charge is 0.269 e. The van der Waals surface area contributed by atoms with Gasteiger partial charge in [-0.25, -0.2) is 0 Å². The molecule has 0 fully saturated rings. The first kappa shape index (κ1) is 25.1. The normalized spacial score (nSPS) is 10.9. The quantitative estimate of drug-likeness (QED) is 0.135. The molecule has 0 unspecified atom stereocenters. The van der Waals surface area contributed by atoms with Gasteiger partial charge in [-0.2, -0.15) is 5.26 Å². The molecule has 0 aliphatic rings. The summed E-state index contributed by atoms with van der Waals surface area (Å²) in [6.07, 6.45) is 2.38. The van der Waals surface area contributed by atoms with Gasteiger partial charge in [-0.3, -0.25) is 14.9 Å². The number of ether oxygens (including phenoxy) is 1. The fourth-order valence-corrected chi connectivity index (χ4v) is 4.50. The van der Waals surface area contributed by atoms with E-state index in [1.165, 1.54) is 18.2 Å². The van der Waals surface area contributed by atoms with E-state index in [-0.39, 0.29) is 17.9 Å². The van der Waals surface area contributed by atoms with Crippen molar-refractivity contribution in [3.05, 3.63) is 102 Å². The van der Waals surface area contributed by atoms with E-state index in [0.29, 0.717) is 31.5 Å². The second-order valence-corrected chi connectivity index (χ2v) is 8.91. The summed E-state index contributed by atoms with van der Waals surface area (Å²) < 4.78 is 7.02. The van der Waals surface area contributed by atoms with Crippen LogP contribution in [0.25, 0.3) is 6.08 Å². The summed E-state index contributed by atoms with van der Waals surface area (Å²) in [4.78, 5) is 23.1. The molecule has 172 valence electrons. The highest BCUT2D eigenvalue weighted by Crippen LogP contribution is 2.36. The Hall–Kier alpha value is -3.48. The van der Waals surface area contributed by atoms with Crippen LogP contribution in [0.15, 0.2) is 75.2 Å². The van der Waals surface area contributed by atoms with Crippen LogP contribution in [0.4, 0.5) is 11.4 Å². The van der Waals surface area contributed by atoms with Gasteiger partial charge in [0.15, 0.2) is 0 Å². The Kier molecular flexibility index (Phi) is 8.57. The van der Waals surface area contributed by atoms with Crippen molar-refractivity contribution in [2.24, 2.45) is 0 Å². The van der Waals surface area contributed by atoms with Crippen molar-refractivity contribution in [3.63, 3.8) is 0 Å². The minimum Gasteiger partial charge on any atom is -0.487 e. The van der Waals surface area contributed by atoms with Gasteiger partial charge in [0.1, 0.15) is 24.0 Å². The first-order valence-electron chi connectivity index (χ1n) is 10.2. The number of nitrogens with zero attached hydrogens (tertiary/aromatic N) is 2. The summed E-state index contributed by atoms with van der Waals surface area (Å²) in [5, 5.41) is 23.2. The first-order chi connectivity index (χ1) is 16.3. The van der Waals surface area contributed by atoms with Crippen LogP contribution in [0.2, 0.25) is 0 Å². The lowest BCUT2D eigenvalue weighted by Crippen LogP contribution is -2.13. The SMILES string of the molecule is CCc1ccc(NC(=O)/C(C#N)=C/c2cc(Br)c(OCc3cccc([N+](=O)[O-])c3)c(Br)c2)cc1. The second-order valence-electron chi connectivity index (χ2n) is 7.20. The number of hydrogen-bond donors (Lipinski definition) is 1. The van der Waals surface area contributed by atoms with E-state index in [0.717, 1.165) is 12.0 Å². The highest BCUT2D eigenvalue weighted by atomic mass is 79.9. The predicted molar refractivity (Wildman–Crippen MR) is 137 cm³/mol. The molecule has 0 bridgehead atoms. The molecule has 3 aromatic carbocycles. The molecule has 7 nitrogen and oxygen atoms in total. The number of non-ortho nitro benzene ring substituents is 1. The van der Waals surface area contributed by atoms with Gasteiger partial charge < -0.3 is 10.1 Å². The van der Waals surface area contributed by atoms with Crippen molar-refractivity contribution >= 4 is 55.2 Å². The third kappa shape index (κ3) is 6.53. The van der Waals surface area contributed by atoms with Crippen LogP contribution in [-0.4, -0.2) is 10.8 Å². The van der Waals surface area contributed by atoms with E-state index >= 15 is 0 Å². The fourth-order valence-electron chi connectivity index (χ4n) is 3.05. The van der Waals surface area contributed by atoms with Crippen LogP contribution in [0.5, 0.6) is 5.75 Å². The number of aryl methyl sites for hydroxylation is 1. The molecule has 1 amide bonds. The molecule has 3 rings (SSSR count). The second kappa shape index (κ2) is 11.6. The van der Waals surface area contributed by atoms with Crippen LogP contribution in [0.3, 0.4) is 0 Å². The van der Waals surface area contributed by atoms with Gasteiger partial charge in [0.2, 0.25) is 0 Å². The van der Waals surface area contributed by atoms with Crippen LogP contribution in [-0.2, 0) is 17.8 Å². The summed E-state index contributed by atoms with van der Waals surface area (Å²) >= 11 is 6.90. The third-order valence-electron chi connectivity index (χ3n) is 4.82. The van der Waals surface area contributed by atoms with Crippen LogP contribution in [0.1, 0.15) is 23.6 Å². The largest absolute Gasteiger partial charge is 0.487 e. The molecule has 0 saturated heterocycles. The molecule has 0 heterocycles. The molecular weight excluding hydrogens is 566 g/mol. The number of nitro groups is 1. The number of carbonyl (C=O) groups excluding carboxylic acids is 1. The average molecular weight is 585 g/mol. The van der Waals surface area contributed by atoms with E-state index in [1.54, 1.807) is 36.4 Å². The van der Waals surface area contributed by atoms with Crippen molar-refractivity contribution < 1.29 is 14.5 Å². The molecule has 0 aliphatic carbocycles. The Labute approximate surface area is 213 Å². The number of rotatable bonds is 8. The number of carbonyl (C=O) groups is 1. The van der Waals surface area contributed by atoms with Gasteiger partial charge in [0, 0.05) is 17.8 Å². The van der Waals surface area contributed by atoms with Gasteiger partial charge in [0.25, 0.3) is 11.6 Å². The summed E-state index contributed by atoms with van der Waals surface area (Å²) in [6.45, 7) is 2.17. The van der Waals surface area contributed by atoms with Crippen LogP contribution >= 0.6 is 31.9 Å². The van der Waals surface area contributed by atoms with E-state index in [1.807, 2.05) is 25.1 Å². The minimum atomic E-state index is -0.509. The molecule has 3 aromatic rings. The Morgan fingerprint density at radius 3 is 2.38 bits per heavy atom. The maximum absolute atomic E-state index is 12.6. The van der Waals surface area contributed by atoms with Crippen molar-refractivity contribution in [1.82, 2.24) is 0 Å². The Morgan fingerprint density at radius 2 is 1.79 bits per heavy atom. The number of benzene rings is 3. The number of nitriles is 1. The first-order valence-corrected chi connectivity index (χ1v) is 11.8. The summed E-state index contributed by atoms with van der Waals surface area (Å²) in [5.74, 6) is -0.0207. The third-order valence-corrected chi connectivity index (χ3v) is 6.00. The lowest BCUT2D eigenvalue weighted by Gasteiger charge is -2.12. The van der Waals surface area contributed by atoms with Crippen molar-refractivity contribution in [2.75, 3.05) is 5.32 Å². The van der Waals surface area contributed by atoms with Gasteiger partial charge >= 0.3 is 0 Å². The minimum absolute atomic E-state index is 0.0108. The van der Waals surface area contributed by atoms with Gasteiger partial charge in [0.05, 0.1) is 13.9 Å². The molecule has 0 radical (unpaired) electrons. The van der Waals surface area contributed by atoms with Crippen LogP contribution in [0, 0.1) is 21.4 Å². The monoisotopic (exact) mass is 583 g/mol. The van der Waals surface area contributed by atoms with E-state index in [4.69, 9.17) is 4.74 Å². The highest BCUT2D eigenvalue weighted by molar-refractivity contribution is 9.11. The fraction of sp³-hybridized carbons (Fsp3) is 0.120. The number of amides is 1. The number of nitrogens with one attached hydrogen (secondary N) is 1. The standard InChI is InChI=1S/C25H19Br2N3O4/c1-2-16-6-8-20(9-7-16)29-25(31)19(14-28)10-18-12-22(26)24(23(27)13-18)34-15-17-4-3-5-21(11-17)30(32)33/h3-13H,2,15H2,1H3,(H,29,31)/b19-10+. The molecule has 0 atom stereocenters. The molecule has 34 heavy (non-hydrogen) atoms. The highest BCUT2D eigenvalue weighted by Gasteiger charge is 2.14. The van der Waals surface area contributed by atoms with Gasteiger partial charge in [-0.05, 0) is 85.3 Å². The lowest BCUT2D eigenvalue weighted by molar-refractivity contribution is -0.384. The van der Waals surface area contributed by atoms with Gasteiger partial charge in [-0.15, -0.1) is 0 Å². The van der Waals surface area contributed by atoms with Crippen molar-refractivity contribution in [3.8, 4) is 11.8 Å². The van der Waals surface area contributed by atoms with Crippen molar-refractivity contribution in [2.45, 2.75) is 20.0 Å². The predicted octanol–water partition coefficient (Wildman–Crippen LogP) is 6.81. The van der Waals surface area contributed by atoms with E-state index in [9.17, 15) is 20.2 Å². The van der Waals surface area contributed by atoms with Gasteiger partial charge in [-0.1, -0.05) is 31.2 Å². The van der Waals surface area contributed by atoms with E-state index < -0.39 is 10.8 Å². The zero-order chi connectivity index (χ0) is 24.7. The molecule has 9 heteroatoms. The topological polar surface area (TPSA) is 105 Å². The lowest BCUT2D eigenvalue weighted by atomic mass is 10.1. The average Bonchev–Trinajstić information content (AvgIpc) is 2.82. The summed E-state index contributed by atoms with van der Waals surface area (Å²) in [5.41, 5.74) is 2.95. The molecule has 1 N–H and O–H groups in total. The molecule has 0 aromatic heterocycles. The number of nitro benzene ring substituents is 1. The summed E-state index contributed by atoms with van der Waals surface area (Å²) in [6, 6.07) is 19.0. The molecule has 0 saturated carbocycles. The summed E-state index contributed by atoms with van der Waals surface area (Å²) in [7, 11) is 0. The number of anilines is 1. The molecule has 0 aliphatic heterocycles. The zero-order valence-corrected chi connectivity index (χ0v) is 21.2. The number of halogens is 2. The maximum Gasteiger partial charge on any atom is 0.269 e. The number of hydrogen-bond acceptors (Lipinski definition) is 5. The van der Waals surface area contributed by atoms with Crippen molar-refractivity contribution in [1.29, 1.82) is 5.26 Å².